The second-order valence-corrected chi connectivity index (χ2v) is 5.23. The minimum Gasteiger partial charge on any atom is -0.413 e. The molecule has 1 aromatic carbocycles. The average molecular weight is 207 g/mol. The smallest absolute Gasteiger partial charge is 0.205 e. The maximum atomic E-state index is 13.5. The molecule has 0 fully saturated rings. The van der Waals surface area contributed by atoms with E-state index in [0.29, 0.717) is 17.7 Å². The van der Waals surface area contributed by atoms with Gasteiger partial charge in [0.2, 0.25) is 9.04 Å². The fraction of sp³-hybridized carbons (Fsp3) is 0.273. The third-order valence-corrected chi connectivity index (χ3v) is 2.47. The third kappa shape index (κ3) is 2.69. The van der Waals surface area contributed by atoms with Crippen molar-refractivity contribution >= 4 is 9.04 Å². The predicted molar refractivity (Wildman–Crippen MR) is 56.6 cm³/mol. The van der Waals surface area contributed by atoms with Crippen LogP contribution in [0.25, 0.3) is 0 Å². The van der Waals surface area contributed by atoms with Gasteiger partial charge in [-0.3, -0.25) is 0 Å². The van der Waals surface area contributed by atoms with Crippen molar-refractivity contribution in [3.63, 3.8) is 0 Å². The van der Waals surface area contributed by atoms with E-state index < -0.39 is 9.04 Å². The fourth-order valence-corrected chi connectivity index (χ4v) is 1.47. The topological polar surface area (TPSA) is 9.23 Å². The third-order valence-electron chi connectivity index (χ3n) is 1.75. The molecular formula is C11H12FOSi. The molecule has 1 aromatic rings. The van der Waals surface area contributed by atoms with Crippen LogP contribution in [0, 0.1) is 18.2 Å². The van der Waals surface area contributed by atoms with Gasteiger partial charge in [-0.15, -0.1) is 6.42 Å². The van der Waals surface area contributed by atoms with Gasteiger partial charge in [0.1, 0.15) is 5.82 Å². The molecule has 0 spiro atoms. The van der Waals surface area contributed by atoms with Crippen LogP contribution in [0.3, 0.4) is 0 Å². The van der Waals surface area contributed by atoms with Gasteiger partial charge in [0.05, 0.1) is 12.2 Å². The van der Waals surface area contributed by atoms with Crippen molar-refractivity contribution in [3.05, 3.63) is 35.1 Å². The van der Waals surface area contributed by atoms with Gasteiger partial charge >= 0.3 is 0 Å². The molecule has 0 N–H and O–H groups in total. The highest BCUT2D eigenvalue weighted by atomic mass is 28.3. The first-order valence-electron chi connectivity index (χ1n) is 4.32. The average Bonchev–Trinajstić information content (AvgIpc) is 2.16. The highest BCUT2D eigenvalue weighted by Crippen LogP contribution is 2.13. The molecule has 0 heterocycles. The van der Waals surface area contributed by atoms with E-state index in [9.17, 15) is 4.39 Å². The number of terminal acetylenes is 1. The van der Waals surface area contributed by atoms with E-state index >= 15 is 0 Å². The first-order chi connectivity index (χ1) is 6.65. The van der Waals surface area contributed by atoms with Crippen molar-refractivity contribution in [1.29, 1.82) is 0 Å². The lowest BCUT2D eigenvalue weighted by molar-refractivity contribution is 0.307. The van der Waals surface area contributed by atoms with Gasteiger partial charge in [-0.25, -0.2) is 4.39 Å². The SMILES string of the molecule is C#Cc1cccc(CO[Si](C)C)c1F. The van der Waals surface area contributed by atoms with E-state index in [1.807, 2.05) is 13.1 Å². The van der Waals surface area contributed by atoms with Crippen LogP contribution < -0.4 is 0 Å². The van der Waals surface area contributed by atoms with Crippen molar-refractivity contribution in [2.45, 2.75) is 19.7 Å². The Morgan fingerprint density at radius 2 is 2.21 bits per heavy atom. The second-order valence-electron chi connectivity index (χ2n) is 3.12. The molecule has 0 unspecified atom stereocenters. The second kappa shape index (κ2) is 4.94. The molecule has 14 heavy (non-hydrogen) atoms. The Morgan fingerprint density at radius 1 is 1.50 bits per heavy atom. The lowest BCUT2D eigenvalue weighted by Gasteiger charge is -2.07. The minimum absolute atomic E-state index is 0.298. The maximum Gasteiger partial charge on any atom is 0.205 e. The summed E-state index contributed by atoms with van der Waals surface area (Å²) < 4.78 is 18.9. The largest absolute Gasteiger partial charge is 0.413 e. The molecule has 1 radical (unpaired) electrons. The number of benzene rings is 1. The molecule has 3 heteroatoms. The summed E-state index contributed by atoms with van der Waals surface area (Å²) in [5.74, 6) is 1.97. The van der Waals surface area contributed by atoms with Crippen LogP contribution >= 0.6 is 0 Å². The van der Waals surface area contributed by atoms with Crippen molar-refractivity contribution in [2.75, 3.05) is 0 Å². The normalized spacial score (nSPS) is 10.2. The van der Waals surface area contributed by atoms with Gasteiger partial charge in [-0.1, -0.05) is 18.1 Å². The van der Waals surface area contributed by atoms with Crippen LogP contribution in [0.5, 0.6) is 0 Å². The van der Waals surface area contributed by atoms with E-state index in [1.54, 1.807) is 18.2 Å². The zero-order chi connectivity index (χ0) is 10.6. The molecule has 0 amide bonds. The molecule has 0 saturated heterocycles. The molecular weight excluding hydrogens is 195 g/mol. The van der Waals surface area contributed by atoms with Crippen LogP contribution in [-0.2, 0) is 11.0 Å². The van der Waals surface area contributed by atoms with Crippen LogP contribution in [-0.4, -0.2) is 9.04 Å². The number of hydrogen-bond donors (Lipinski definition) is 0. The quantitative estimate of drug-likeness (QED) is 0.547. The summed E-state index contributed by atoms with van der Waals surface area (Å²) in [6, 6.07) is 5.03. The van der Waals surface area contributed by atoms with Gasteiger partial charge in [0.25, 0.3) is 0 Å². The highest BCUT2D eigenvalue weighted by molar-refractivity contribution is 6.48. The first-order valence-corrected chi connectivity index (χ1v) is 6.73. The summed E-state index contributed by atoms with van der Waals surface area (Å²) in [5.41, 5.74) is 0.832. The standard InChI is InChI=1S/C11H12FOSi/c1-4-9-6-5-7-10(11(9)12)8-13-14(2)3/h1,5-7H,8H2,2-3H3. The predicted octanol–water partition coefficient (Wildman–Crippen LogP) is 2.57. The van der Waals surface area contributed by atoms with E-state index in [-0.39, 0.29) is 5.82 Å². The van der Waals surface area contributed by atoms with E-state index in [1.165, 1.54) is 0 Å². The van der Waals surface area contributed by atoms with Gasteiger partial charge < -0.3 is 4.43 Å². The van der Waals surface area contributed by atoms with Crippen molar-refractivity contribution in [3.8, 4) is 12.3 Å². The first kappa shape index (κ1) is 11.0. The number of halogens is 1. The molecule has 0 aromatic heterocycles. The Balaban J connectivity index is 2.83. The lowest BCUT2D eigenvalue weighted by Crippen LogP contribution is -2.08. The summed E-state index contributed by atoms with van der Waals surface area (Å²) in [5, 5.41) is 0. The van der Waals surface area contributed by atoms with Crippen LogP contribution in [0.1, 0.15) is 11.1 Å². The highest BCUT2D eigenvalue weighted by Gasteiger charge is 2.07. The van der Waals surface area contributed by atoms with Crippen LogP contribution in [0.15, 0.2) is 18.2 Å². The molecule has 0 bridgehead atoms. The Kier molecular flexibility index (Phi) is 3.87. The zero-order valence-electron chi connectivity index (χ0n) is 8.30. The van der Waals surface area contributed by atoms with Gasteiger partial charge in [-0.2, -0.15) is 0 Å². The van der Waals surface area contributed by atoms with E-state index in [2.05, 4.69) is 5.92 Å². The number of rotatable bonds is 3. The maximum absolute atomic E-state index is 13.5. The number of hydrogen-bond acceptors (Lipinski definition) is 1. The Bertz CT molecular complexity index is 355. The van der Waals surface area contributed by atoms with Gasteiger partial charge in [0, 0.05) is 5.56 Å². The van der Waals surface area contributed by atoms with Gasteiger partial charge in [0.15, 0.2) is 0 Å². The zero-order valence-corrected chi connectivity index (χ0v) is 9.30. The molecule has 0 aliphatic heterocycles. The summed E-state index contributed by atoms with van der Waals surface area (Å²) in [4.78, 5) is 0. The Hall–Kier alpha value is -1.11. The molecule has 0 aliphatic rings. The van der Waals surface area contributed by atoms with Crippen LogP contribution in [0.2, 0.25) is 13.1 Å². The fourth-order valence-electron chi connectivity index (χ4n) is 1.02. The van der Waals surface area contributed by atoms with E-state index in [4.69, 9.17) is 10.8 Å². The Morgan fingerprint density at radius 3 is 2.79 bits per heavy atom. The molecule has 0 atom stereocenters. The van der Waals surface area contributed by atoms with Gasteiger partial charge in [-0.05, 0) is 19.2 Å². The molecule has 0 aliphatic carbocycles. The van der Waals surface area contributed by atoms with E-state index in [0.717, 1.165) is 0 Å². The monoisotopic (exact) mass is 207 g/mol. The Labute approximate surface area is 85.6 Å². The van der Waals surface area contributed by atoms with Crippen molar-refractivity contribution in [1.82, 2.24) is 0 Å². The molecule has 1 rings (SSSR count). The van der Waals surface area contributed by atoms with Crippen LogP contribution in [0.4, 0.5) is 4.39 Å². The summed E-state index contributed by atoms with van der Waals surface area (Å²) in [6.07, 6.45) is 5.15. The summed E-state index contributed by atoms with van der Waals surface area (Å²) >= 11 is 0. The minimum atomic E-state index is -0.786. The van der Waals surface area contributed by atoms with Crippen molar-refractivity contribution in [2.24, 2.45) is 0 Å². The molecule has 0 saturated carbocycles. The molecule has 1 nitrogen and oxygen atoms in total. The summed E-state index contributed by atoms with van der Waals surface area (Å²) in [7, 11) is -0.786. The van der Waals surface area contributed by atoms with Crippen molar-refractivity contribution < 1.29 is 8.82 Å². The summed E-state index contributed by atoms with van der Waals surface area (Å²) in [6.45, 7) is 4.32. The molecule has 73 valence electrons. The lowest BCUT2D eigenvalue weighted by atomic mass is 10.1.